The lowest BCUT2D eigenvalue weighted by molar-refractivity contribution is -0.116. The van der Waals surface area contributed by atoms with E-state index in [-0.39, 0.29) is 11.9 Å². The molecule has 1 amide bonds. The summed E-state index contributed by atoms with van der Waals surface area (Å²) in [5.41, 5.74) is 1.73. The number of carbonyl (C=O) groups is 2. The summed E-state index contributed by atoms with van der Waals surface area (Å²) < 4.78 is 4.74. The third-order valence-corrected chi connectivity index (χ3v) is 6.03. The highest BCUT2D eigenvalue weighted by Crippen LogP contribution is 2.24. The van der Waals surface area contributed by atoms with Crippen molar-refractivity contribution < 1.29 is 19.4 Å². The molecule has 0 radical (unpaired) electrons. The summed E-state index contributed by atoms with van der Waals surface area (Å²) in [6.07, 6.45) is 5.16. The fraction of sp³-hybridized carbons (Fsp3) is 0.478. The number of aliphatic hydroxyl groups excluding tert-OH is 1. The summed E-state index contributed by atoms with van der Waals surface area (Å²) in [6.45, 7) is 4.31. The molecule has 0 saturated heterocycles. The average Bonchev–Trinajstić information content (AvgIpc) is 3.19. The topological polar surface area (TPSA) is 66.8 Å². The Labute approximate surface area is 177 Å². The molecule has 0 aliphatic carbocycles. The second kappa shape index (κ2) is 11.7. The summed E-state index contributed by atoms with van der Waals surface area (Å²) in [4.78, 5) is 27.1. The van der Waals surface area contributed by atoms with Crippen LogP contribution in [-0.4, -0.2) is 30.6 Å². The van der Waals surface area contributed by atoms with Crippen molar-refractivity contribution in [3.63, 3.8) is 0 Å². The largest absolute Gasteiger partial charge is 0.465 e. The van der Waals surface area contributed by atoms with Crippen molar-refractivity contribution in [1.29, 1.82) is 0 Å². The second-order valence-electron chi connectivity index (χ2n) is 7.13. The van der Waals surface area contributed by atoms with Crippen LogP contribution >= 0.6 is 11.3 Å². The number of rotatable bonds is 11. The van der Waals surface area contributed by atoms with Gasteiger partial charge in [0.1, 0.15) is 4.88 Å². The average molecular weight is 418 g/mol. The lowest BCUT2D eigenvalue weighted by atomic mass is 10.0. The van der Waals surface area contributed by atoms with Gasteiger partial charge >= 0.3 is 5.97 Å². The van der Waals surface area contributed by atoms with Crippen LogP contribution in [0.1, 0.15) is 72.2 Å². The lowest BCUT2D eigenvalue weighted by Gasteiger charge is -2.22. The number of anilines is 1. The number of aliphatic hydroxyl groups is 1. The number of nitrogens with zero attached hydrogens (tertiary/aromatic N) is 1. The van der Waals surface area contributed by atoms with Gasteiger partial charge in [-0.2, -0.15) is 0 Å². The maximum absolute atomic E-state index is 12.1. The van der Waals surface area contributed by atoms with Gasteiger partial charge in [-0.1, -0.05) is 38.3 Å². The summed E-state index contributed by atoms with van der Waals surface area (Å²) in [7, 11) is 1.38. The van der Waals surface area contributed by atoms with Gasteiger partial charge in [0.05, 0.1) is 13.2 Å². The van der Waals surface area contributed by atoms with Crippen molar-refractivity contribution in [2.75, 3.05) is 18.6 Å². The minimum Gasteiger partial charge on any atom is -0.465 e. The number of unbranched alkanes of at least 4 members (excludes halogenated alkanes) is 2. The van der Waals surface area contributed by atoms with Gasteiger partial charge in [0, 0.05) is 24.0 Å². The zero-order valence-corrected chi connectivity index (χ0v) is 18.3. The Morgan fingerprint density at radius 3 is 2.45 bits per heavy atom. The summed E-state index contributed by atoms with van der Waals surface area (Å²) >= 11 is 1.43. The van der Waals surface area contributed by atoms with E-state index in [1.165, 1.54) is 18.4 Å². The Kier molecular flexibility index (Phi) is 9.35. The molecule has 0 aliphatic heterocycles. The van der Waals surface area contributed by atoms with E-state index < -0.39 is 6.10 Å². The van der Waals surface area contributed by atoms with Crippen LogP contribution in [0.25, 0.3) is 0 Å². The van der Waals surface area contributed by atoms with Gasteiger partial charge in [0.2, 0.25) is 5.91 Å². The second-order valence-corrected chi connectivity index (χ2v) is 8.30. The van der Waals surface area contributed by atoms with E-state index in [0.717, 1.165) is 54.7 Å². The van der Waals surface area contributed by atoms with E-state index in [0.29, 0.717) is 11.4 Å². The normalized spacial score (nSPS) is 11.9. The fourth-order valence-corrected chi connectivity index (χ4v) is 4.20. The Bertz CT molecular complexity index is 784. The van der Waals surface area contributed by atoms with Crippen molar-refractivity contribution in [2.24, 2.45) is 0 Å². The first-order chi connectivity index (χ1) is 14.0. The molecule has 29 heavy (non-hydrogen) atoms. The minimum absolute atomic E-state index is 0.0114. The maximum Gasteiger partial charge on any atom is 0.348 e. The highest BCUT2D eigenvalue weighted by Gasteiger charge is 2.14. The fourth-order valence-electron chi connectivity index (χ4n) is 3.23. The first kappa shape index (κ1) is 23.1. The molecule has 0 spiro atoms. The summed E-state index contributed by atoms with van der Waals surface area (Å²) in [6, 6.07) is 11.3. The van der Waals surface area contributed by atoms with Gasteiger partial charge in [-0.25, -0.2) is 4.79 Å². The molecule has 1 N–H and O–H groups in total. The molecule has 5 nitrogen and oxygen atoms in total. The van der Waals surface area contributed by atoms with Gasteiger partial charge in [-0.3, -0.25) is 4.79 Å². The molecule has 1 aromatic carbocycles. The third-order valence-electron chi connectivity index (χ3n) is 4.90. The number of carbonyl (C=O) groups excluding carboxylic acids is 2. The van der Waals surface area contributed by atoms with Gasteiger partial charge in [0.25, 0.3) is 0 Å². The number of hydrogen-bond donors (Lipinski definition) is 1. The van der Waals surface area contributed by atoms with E-state index >= 15 is 0 Å². The maximum atomic E-state index is 12.1. The molecule has 1 atom stereocenters. The van der Waals surface area contributed by atoms with E-state index in [1.807, 2.05) is 30.3 Å². The van der Waals surface area contributed by atoms with E-state index in [2.05, 4.69) is 6.92 Å². The molecule has 6 heteroatoms. The Morgan fingerprint density at radius 2 is 1.83 bits per heavy atom. The molecular formula is C23H31NO4S. The van der Waals surface area contributed by atoms with Gasteiger partial charge in [-0.15, -0.1) is 11.3 Å². The number of aryl methyl sites for hydroxylation is 1. The molecule has 0 fully saturated rings. The monoisotopic (exact) mass is 417 g/mol. The Balaban J connectivity index is 1.92. The number of ether oxygens (including phenoxy) is 1. The van der Waals surface area contributed by atoms with E-state index in [9.17, 15) is 14.7 Å². The standard InChI is InChI=1S/C23H31NO4S/c1-4-5-6-9-21(26)18-10-12-19(13-11-18)24(17(2)25)16-7-8-20-14-15-22(29-20)23(27)28-3/h10-15,21,26H,4-9,16H2,1-3H3. The minimum atomic E-state index is -0.454. The lowest BCUT2D eigenvalue weighted by Crippen LogP contribution is -2.29. The SMILES string of the molecule is CCCCCC(O)c1ccc(N(CCCc2ccc(C(=O)OC)s2)C(C)=O)cc1. The molecule has 0 saturated carbocycles. The Morgan fingerprint density at radius 1 is 1.10 bits per heavy atom. The van der Waals surface area contributed by atoms with Gasteiger partial charge in [-0.05, 0) is 49.1 Å². The van der Waals surface area contributed by atoms with Crippen LogP contribution in [0.15, 0.2) is 36.4 Å². The van der Waals surface area contributed by atoms with Gasteiger partial charge in [0.15, 0.2) is 0 Å². The number of amides is 1. The Hall–Kier alpha value is -2.18. The highest BCUT2D eigenvalue weighted by molar-refractivity contribution is 7.13. The molecular weight excluding hydrogens is 386 g/mol. The zero-order chi connectivity index (χ0) is 21.2. The van der Waals surface area contributed by atoms with Crippen LogP contribution < -0.4 is 4.90 Å². The first-order valence-corrected chi connectivity index (χ1v) is 11.0. The number of thiophene rings is 1. The van der Waals surface area contributed by atoms with Crippen LogP contribution in [0.4, 0.5) is 5.69 Å². The predicted octanol–water partition coefficient (Wildman–Crippen LogP) is 5.13. The van der Waals surface area contributed by atoms with Crippen LogP contribution in [0.5, 0.6) is 0 Å². The molecule has 1 heterocycles. The van der Waals surface area contributed by atoms with Crippen LogP contribution in [-0.2, 0) is 16.0 Å². The van der Waals surface area contributed by atoms with Crippen LogP contribution in [0.3, 0.4) is 0 Å². The molecule has 2 rings (SSSR count). The van der Waals surface area contributed by atoms with Crippen LogP contribution in [0.2, 0.25) is 0 Å². The quantitative estimate of drug-likeness (QED) is 0.406. The molecule has 0 bridgehead atoms. The number of esters is 1. The number of hydrogen-bond acceptors (Lipinski definition) is 5. The van der Waals surface area contributed by atoms with Gasteiger partial charge < -0.3 is 14.7 Å². The predicted molar refractivity (Wildman–Crippen MR) is 118 cm³/mol. The number of benzene rings is 1. The molecule has 158 valence electrons. The van der Waals surface area contributed by atoms with Crippen molar-refractivity contribution in [1.82, 2.24) is 0 Å². The van der Waals surface area contributed by atoms with Crippen molar-refractivity contribution >= 4 is 28.9 Å². The van der Waals surface area contributed by atoms with Crippen molar-refractivity contribution in [2.45, 2.75) is 58.5 Å². The summed E-state index contributed by atoms with van der Waals surface area (Å²) in [5, 5.41) is 10.3. The molecule has 0 aliphatic rings. The van der Waals surface area contributed by atoms with Crippen molar-refractivity contribution in [3.05, 3.63) is 51.7 Å². The van der Waals surface area contributed by atoms with Crippen molar-refractivity contribution in [3.8, 4) is 0 Å². The molecule has 2 aromatic rings. The molecule has 1 aromatic heterocycles. The highest BCUT2D eigenvalue weighted by atomic mass is 32.1. The summed E-state index contributed by atoms with van der Waals surface area (Å²) in [5.74, 6) is -0.328. The van der Waals surface area contributed by atoms with E-state index in [1.54, 1.807) is 17.9 Å². The zero-order valence-electron chi connectivity index (χ0n) is 17.5. The van der Waals surface area contributed by atoms with Crippen LogP contribution in [0, 0.1) is 0 Å². The smallest absolute Gasteiger partial charge is 0.348 e. The first-order valence-electron chi connectivity index (χ1n) is 10.2. The number of methoxy groups -OCH3 is 1. The van der Waals surface area contributed by atoms with E-state index in [4.69, 9.17) is 4.74 Å². The molecule has 1 unspecified atom stereocenters. The third kappa shape index (κ3) is 6.98.